The zero-order valence-electron chi connectivity index (χ0n) is 9.93. The second-order valence-corrected chi connectivity index (χ2v) is 4.23. The molecule has 1 aromatic rings. The molecule has 0 spiro atoms. The number of benzene rings is 1. The van der Waals surface area contributed by atoms with Crippen LogP contribution in [0.5, 0.6) is 5.75 Å². The Morgan fingerprint density at radius 1 is 1.61 bits per heavy atom. The highest BCUT2D eigenvalue weighted by Gasteiger charge is 2.27. The maximum absolute atomic E-state index is 13.5. The molecular formula is C11H14FN3O3. The van der Waals surface area contributed by atoms with Crippen molar-refractivity contribution < 1.29 is 14.1 Å². The summed E-state index contributed by atoms with van der Waals surface area (Å²) in [5.74, 6) is -0.743. The topological polar surface area (TPSA) is 81.6 Å². The van der Waals surface area contributed by atoms with Crippen molar-refractivity contribution in [1.82, 2.24) is 0 Å². The van der Waals surface area contributed by atoms with Crippen molar-refractivity contribution in [2.45, 2.75) is 12.5 Å². The SMILES string of the molecule is COc1cc(N2CCC(N)C2)c([N+](=O)[O-])cc1F. The molecule has 2 N–H and O–H groups in total. The van der Waals surface area contributed by atoms with Crippen LogP contribution in [0.15, 0.2) is 12.1 Å². The number of nitrogens with zero attached hydrogens (tertiary/aromatic N) is 2. The summed E-state index contributed by atoms with van der Waals surface area (Å²) in [6.07, 6.45) is 0.761. The number of anilines is 1. The molecule has 1 aliphatic heterocycles. The standard InChI is InChI=1S/C11H14FN3O3/c1-18-11-5-9(14-3-2-7(13)6-14)10(15(16)17)4-8(11)12/h4-5,7H,2-3,6,13H2,1H3. The molecule has 1 fully saturated rings. The van der Waals surface area contributed by atoms with Crippen LogP contribution in [0, 0.1) is 15.9 Å². The van der Waals surface area contributed by atoms with Gasteiger partial charge < -0.3 is 15.4 Å². The molecule has 1 heterocycles. The van der Waals surface area contributed by atoms with E-state index in [1.165, 1.54) is 13.2 Å². The van der Waals surface area contributed by atoms with E-state index in [2.05, 4.69) is 0 Å². The lowest BCUT2D eigenvalue weighted by Gasteiger charge is -2.18. The largest absolute Gasteiger partial charge is 0.494 e. The van der Waals surface area contributed by atoms with Crippen LogP contribution in [0.1, 0.15) is 6.42 Å². The number of hydrogen-bond donors (Lipinski definition) is 1. The molecule has 1 aromatic carbocycles. The number of nitrogens with two attached hydrogens (primary N) is 1. The van der Waals surface area contributed by atoms with Gasteiger partial charge in [-0.2, -0.15) is 0 Å². The molecule has 0 bridgehead atoms. The fraction of sp³-hybridized carbons (Fsp3) is 0.455. The summed E-state index contributed by atoms with van der Waals surface area (Å²) in [7, 11) is 1.32. The Balaban J connectivity index is 2.46. The maximum atomic E-state index is 13.5. The molecule has 1 saturated heterocycles. The third-order valence-corrected chi connectivity index (χ3v) is 3.01. The number of nitro benzene ring substituents is 1. The zero-order chi connectivity index (χ0) is 13.3. The predicted molar refractivity (Wildman–Crippen MR) is 64.4 cm³/mol. The van der Waals surface area contributed by atoms with E-state index in [1.54, 1.807) is 4.90 Å². The van der Waals surface area contributed by atoms with Crippen LogP contribution in [0.4, 0.5) is 15.8 Å². The van der Waals surface area contributed by atoms with E-state index in [4.69, 9.17) is 10.5 Å². The van der Waals surface area contributed by atoms with Crippen LogP contribution >= 0.6 is 0 Å². The summed E-state index contributed by atoms with van der Waals surface area (Å²) >= 11 is 0. The molecule has 6 nitrogen and oxygen atoms in total. The van der Waals surface area contributed by atoms with Gasteiger partial charge in [-0.25, -0.2) is 4.39 Å². The quantitative estimate of drug-likeness (QED) is 0.650. The molecular weight excluding hydrogens is 241 g/mol. The third kappa shape index (κ3) is 2.21. The number of halogens is 1. The van der Waals surface area contributed by atoms with E-state index in [-0.39, 0.29) is 17.5 Å². The predicted octanol–water partition coefficient (Wildman–Crippen LogP) is 1.28. The average molecular weight is 255 g/mol. The Kier molecular flexibility index (Phi) is 3.33. The van der Waals surface area contributed by atoms with Crippen LogP contribution in [-0.2, 0) is 0 Å². The molecule has 98 valence electrons. The van der Waals surface area contributed by atoms with Crippen molar-refractivity contribution in [2.24, 2.45) is 5.73 Å². The molecule has 0 saturated carbocycles. The van der Waals surface area contributed by atoms with Crippen molar-refractivity contribution >= 4 is 11.4 Å². The Morgan fingerprint density at radius 3 is 2.83 bits per heavy atom. The van der Waals surface area contributed by atoms with Crippen LogP contribution in [0.3, 0.4) is 0 Å². The Morgan fingerprint density at radius 2 is 2.33 bits per heavy atom. The Labute approximate surface area is 103 Å². The van der Waals surface area contributed by atoms with Gasteiger partial charge in [0.25, 0.3) is 5.69 Å². The van der Waals surface area contributed by atoms with E-state index in [0.29, 0.717) is 18.8 Å². The smallest absolute Gasteiger partial charge is 0.295 e. The summed E-state index contributed by atoms with van der Waals surface area (Å²) in [6, 6.07) is 2.23. The van der Waals surface area contributed by atoms with Crippen molar-refractivity contribution in [1.29, 1.82) is 0 Å². The van der Waals surface area contributed by atoms with E-state index >= 15 is 0 Å². The molecule has 0 amide bonds. The minimum Gasteiger partial charge on any atom is -0.494 e. The Hall–Kier alpha value is -1.89. The van der Waals surface area contributed by atoms with Crippen molar-refractivity contribution in [3.8, 4) is 5.75 Å². The number of methoxy groups -OCH3 is 1. The highest BCUT2D eigenvalue weighted by Crippen LogP contribution is 2.35. The Bertz CT molecular complexity index is 481. The highest BCUT2D eigenvalue weighted by molar-refractivity contribution is 5.66. The fourth-order valence-electron chi connectivity index (χ4n) is 2.09. The van der Waals surface area contributed by atoms with Crippen LogP contribution in [0.2, 0.25) is 0 Å². The van der Waals surface area contributed by atoms with Gasteiger partial charge in [0, 0.05) is 25.2 Å². The molecule has 1 atom stereocenters. The van der Waals surface area contributed by atoms with Crippen molar-refractivity contribution in [3.05, 3.63) is 28.1 Å². The first-order valence-electron chi connectivity index (χ1n) is 5.55. The summed E-state index contributed by atoms with van der Waals surface area (Å²) in [6.45, 7) is 1.15. The number of rotatable bonds is 3. The third-order valence-electron chi connectivity index (χ3n) is 3.01. The molecule has 0 aliphatic carbocycles. The number of ether oxygens (including phenoxy) is 1. The van der Waals surface area contributed by atoms with E-state index < -0.39 is 10.7 Å². The molecule has 1 aliphatic rings. The summed E-state index contributed by atoms with van der Waals surface area (Å²) in [4.78, 5) is 12.1. The van der Waals surface area contributed by atoms with E-state index in [1.807, 2.05) is 0 Å². The lowest BCUT2D eigenvalue weighted by atomic mass is 10.2. The molecule has 2 rings (SSSR count). The van der Waals surface area contributed by atoms with E-state index in [0.717, 1.165) is 12.5 Å². The molecule has 0 radical (unpaired) electrons. The lowest BCUT2D eigenvalue weighted by molar-refractivity contribution is -0.384. The van der Waals surface area contributed by atoms with Crippen LogP contribution in [0.25, 0.3) is 0 Å². The zero-order valence-corrected chi connectivity index (χ0v) is 9.93. The van der Waals surface area contributed by atoms with Gasteiger partial charge in [0.15, 0.2) is 11.6 Å². The lowest BCUT2D eigenvalue weighted by Crippen LogP contribution is -2.26. The molecule has 1 unspecified atom stereocenters. The van der Waals surface area contributed by atoms with Crippen LogP contribution < -0.4 is 15.4 Å². The fourth-order valence-corrected chi connectivity index (χ4v) is 2.09. The molecule has 0 aromatic heterocycles. The summed E-state index contributed by atoms with van der Waals surface area (Å²) in [5.41, 5.74) is 5.86. The second kappa shape index (κ2) is 4.77. The minimum absolute atomic E-state index is 0.00364. The van der Waals surface area contributed by atoms with Gasteiger partial charge in [-0.15, -0.1) is 0 Å². The van der Waals surface area contributed by atoms with Gasteiger partial charge in [0.05, 0.1) is 18.1 Å². The monoisotopic (exact) mass is 255 g/mol. The van der Waals surface area contributed by atoms with Crippen molar-refractivity contribution in [3.63, 3.8) is 0 Å². The maximum Gasteiger partial charge on any atom is 0.295 e. The molecule has 7 heteroatoms. The minimum atomic E-state index is -0.739. The van der Waals surface area contributed by atoms with Gasteiger partial charge >= 0.3 is 0 Å². The normalized spacial score (nSPS) is 19.1. The average Bonchev–Trinajstić information content (AvgIpc) is 2.75. The van der Waals surface area contributed by atoms with Gasteiger partial charge in [-0.1, -0.05) is 0 Å². The summed E-state index contributed by atoms with van der Waals surface area (Å²) < 4.78 is 18.3. The van der Waals surface area contributed by atoms with E-state index in [9.17, 15) is 14.5 Å². The highest BCUT2D eigenvalue weighted by atomic mass is 19.1. The van der Waals surface area contributed by atoms with Gasteiger partial charge in [-0.05, 0) is 6.42 Å². The van der Waals surface area contributed by atoms with Gasteiger partial charge in [-0.3, -0.25) is 10.1 Å². The van der Waals surface area contributed by atoms with Crippen LogP contribution in [-0.4, -0.2) is 31.2 Å². The number of hydrogen-bond acceptors (Lipinski definition) is 5. The second-order valence-electron chi connectivity index (χ2n) is 4.23. The first kappa shape index (κ1) is 12.6. The molecule has 18 heavy (non-hydrogen) atoms. The summed E-state index contributed by atoms with van der Waals surface area (Å²) in [5, 5.41) is 11.0. The number of nitro groups is 1. The van der Waals surface area contributed by atoms with Crippen molar-refractivity contribution in [2.75, 3.05) is 25.1 Å². The first-order chi connectivity index (χ1) is 8.52. The van der Waals surface area contributed by atoms with Gasteiger partial charge in [0.2, 0.25) is 0 Å². The van der Waals surface area contributed by atoms with Gasteiger partial charge in [0.1, 0.15) is 5.69 Å². The first-order valence-corrected chi connectivity index (χ1v) is 5.55.